The van der Waals surface area contributed by atoms with Gasteiger partial charge in [-0.25, -0.2) is 4.79 Å². The van der Waals surface area contributed by atoms with E-state index in [1.807, 2.05) is 36.4 Å². The summed E-state index contributed by atoms with van der Waals surface area (Å²) in [5.41, 5.74) is 1.87. The van der Waals surface area contributed by atoms with Crippen LogP contribution in [-0.2, 0) is 19.6 Å². The van der Waals surface area contributed by atoms with Gasteiger partial charge in [-0.05, 0) is 57.9 Å². The van der Waals surface area contributed by atoms with Gasteiger partial charge in [0.1, 0.15) is 5.69 Å². The number of carbonyl (C=O) groups excluding carboxylic acids is 2. The summed E-state index contributed by atoms with van der Waals surface area (Å²) in [4.78, 5) is 42.2. The van der Waals surface area contributed by atoms with Crippen molar-refractivity contribution in [2.45, 2.75) is 19.6 Å². The first-order chi connectivity index (χ1) is 18.8. The van der Waals surface area contributed by atoms with Crippen molar-refractivity contribution in [1.82, 2.24) is 19.4 Å². The fourth-order valence-electron chi connectivity index (χ4n) is 4.52. The monoisotopic (exact) mass is 623 g/mol. The van der Waals surface area contributed by atoms with Crippen LogP contribution in [0.2, 0.25) is 10.0 Å². The standard InChI is InChI=1S/C28H20BrCl2N5O3/c29-20-8-7-19(13-21(20)30)27(38)34-10-11-35-24(16-34)25(26(37)33-15-17-4-2-1-3-5-17)36(28(35)39)23-9-6-18(14-32)12-22(23)31/h1-9,12-13H,10-11,15-16H2,(H,33,37). The van der Waals surface area contributed by atoms with Crippen LogP contribution in [0.25, 0.3) is 5.69 Å². The molecule has 0 bridgehead atoms. The molecule has 0 radical (unpaired) electrons. The van der Waals surface area contributed by atoms with Crippen LogP contribution in [0.15, 0.2) is 76.0 Å². The third-order valence-electron chi connectivity index (χ3n) is 6.46. The van der Waals surface area contributed by atoms with Crippen molar-refractivity contribution in [3.63, 3.8) is 0 Å². The van der Waals surface area contributed by atoms with Crippen LogP contribution in [0, 0.1) is 11.3 Å². The number of imidazole rings is 1. The molecule has 2 amide bonds. The summed E-state index contributed by atoms with van der Waals surface area (Å²) in [5, 5.41) is 12.7. The lowest BCUT2D eigenvalue weighted by molar-refractivity contribution is 0.0706. The van der Waals surface area contributed by atoms with E-state index in [0.29, 0.717) is 26.3 Å². The number of rotatable bonds is 5. The summed E-state index contributed by atoms with van der Waals surface area (Å²) < 4.78 is 3.41. The number of nitriles is 1. The van der Waals surface area contributed by atoms with E-state index in [9.17, 15) is 19.6 Å². The van der Waals surface area contributed by atoms with E-state index in [4.69, 9.17) is 23.2 Å². The van der Waals surface area contributed by atoms with Crippen LogP contribution in [0.5, 0.6) is 0 Å². The maximum Gasteiger partial charge on any atom is 0.333 e. The fourth-order valence-corrected chi connectivity index (χ4v) is 5.21. The second kappa shape index (κ2) is 11.1. The van der Waals surface area contributed by atoms with Gasteiger partial charge in [-0.15, -0.1) is 0 Å². The molecule has 1 aliphatic rings. The highest BCUT2D eigenvalue weighted by Crippen LogP contribution is 2.28. The molecule has 0 fully saturated rings. The highest BCUT2D eigenvalue weighted by molar-refractivity contribution is 9.10. The summed E-state index contributed by atoms with van der Waals surface area (Å²) >= 11 is 16.0. The average molecular weight is 625 g/mol. The summed E-state index contributed by atoms with van der Waals surface area (Å²) in [6, 6.07) is 20.8. The van der Waals surface area contributed by atoms with Crippen LogP contribution in [0.3, 0.4) is 0 Å². The third-order valence-corrected chi connectivity index (χ3v) is 8.00. The molecule has 1 N–H and O–H groups in total. The highest BCUT2D eigenvalue weighted by Gasteiger charge is 2.32. The number of benzene rings is 3. The molecule has 4 aromatic rings. The second-order valence-electron chi connectivity index (χ2n) is 8.87. The van der Waals surface area contributed by atoms with E-state index in [1.54, 1.807) is 23.1 Å². The smallest absolute Gasteiger partial charge is 0.333 e. The molecule has 0 atom stereocenters. The number of nitrogens with one attached hydrogen (secondary N) is 1. The largest absolute Gasteiger partial charge is 0.347 e. The van der Waals surface area contributed by atoms with Crippen molar-refractivity contribution in [2.24, 2.45) is 0 Å². The first-order valence-electron chi connectivity index (χ1n) is 11.9. The Balaban J connectivity index is 1.57. The Morgan fingerprint density at radius 2 is 1.77 bits per heavy atom. The van der Waals surface area contributed by atoms with Crippen LogP contribution >= 0.6 is 39.1 Å². The molecule has 3 aromatic carbocycles. The number of nitrogens with zero attached hydrogens (tertiary/aromatic N) is 4. The normalized spacial score (nSPS) is 12.5. The first-order valence-corrected chi connectivity index (χ1v) is 13.4. The quantitative estimate of drug-likeness (QED) is 0.331. The predicted molar refractivity (Wildman–Crippen MR) is 151 cm³/mol. The zero-order valence-electron chi connectivity index (χ0n) is 20.3. The topological polar surface area (TPSA) is 100 Å². The number of halogens is 3. The Labute approximate surface area is 242 Å². The van der Waals surface area contributed by atoms with Gasteiger partial charge < -0.3 is 10.2 Å². The maximum atomic E-state index is 13.7. The van der Waals surface area contributed by atoms with Crippen molar-refractivity contribution in [3.8, 4) is 11.8 Å². The number of carbonyl (C=O) groups is 2. The predicted octanol–water partition coefficient (Wildman–Crippen LogP) is 5.17. The maximum absolute atomic E-state index is 13.7. The average Bonchev–Trinajstić information content (AvgIpc) is 3.24. The number of fused-ring (bicyclic) bond motifs is 1. The minimum Gasteiger partial charge on any atom is -0.347 e. The van der Waals surface area contributed by atoms with Crippen molar-refractivity contribution in [1.29, 1.82) is 5.26 Å². The van der Waals surface area contributed by atoms with Crippen molar-refractivity contribution in [2.75, 3.05) is 6.54 Å². The zero-order chi connectivity index (χ0) is 27.7. The Kier molecular flexibility index (Phi) is 7.62. The first kappa shape index (κ1) is 26.8. The fraction of sp³-hybridized carbons (Fsp3) is 0.143. The Morgan fingerprint density at radius 1 is 1.00 bits per heavy atom. The van der Waals surface area contributed by atoms with Crippen molar-refractivity contribution < 1.29 is 9.59 Å². The van der Waals surface area contributed by atoms with E-state index in [0.717, 1.165) is 5.56 Å². The van der Waals surface area contributed by atoms with E-state index in [2.05, 4.69) is 21.2 Å². The Bertz CT molecular complexity index is 1710. The summed E-state index contributed by atoms with van der Waals surface area (Å²) in [6.07, 6.45) is 0. The van der Waals surface area contributed by atoms with Crippen molar-refractivity contribution in [3.05, 3.63) is 120 Å². The van der Waals surface area contributed by atoms with Gasteiger partial charge in [-0.2, -0.15) is 5.26 Å². The lowest BCUT2D eigenvalue weighted by Crippen LogP contribution is -2.41. The number of aromatic nitrogens is 2. The van der Waals surface area contributed by atoms with Gasteiger partial charge in [-0.1, -0.05) is 53.5 Å². The SMILES string of the molecule is N#Cc1ccc(-n2c(C(=O)NCc3ccccc3)c3n(c2=O)CCN(C(=O)c2ccc(Br)c(Cl)c2)C3)c(Cl)c1. The van der Waals surface area contributed by atoms with Crippen LogP contribution in [0.1, 0.15) is 37.7 Å². The molecular formula is C28H20BrCl2N5O3. The molecule has 0 spiro atoms. The molecular weight excluding hydrogens is 605 g/mol. The Morgan fingerprint density at radius 3 is 2.46 bits per heavy atom. The molecule has 2 heterocycles. The second-order valence-corrected chi connectivity index (χ2v) is 10.5. The van der Waals surface area contributed by atoms with Gasteiger partial charge >= 0.3 is 5.69 Å². The molecule has 8 nitrogen and oxygen atoms in total. The van der Waals surface area contributed by atoms with E-state index >= 15 is 0 Å². The van der Waals surface area contributed by atoms with Gasteiger partial charge in [-0.3, -0.25) is 18.7 Å². The van der Waals surface area contributed by atoms with Gasteiger partial charge in [0, 0.05) is 29.7 Å². The molecule has 196 valence electrons. The lowest BCUT2D eigenvalue weighted by atomic mass is 10.1. The number of hydrogen-bond acceptors (Lipinski definition) is 4. The lowest BCUT2D eigenvalue weighted by Gasteiger charge is -2.28. The number of amides is 2. The summed E-state index contributed by atoms with van der Waals surface area (Å²) in [5.74, 6) is -0.769. The molecule has 39 heavy (non-hydrogen) atoms. The van der Waals surface area contributed by atoms with Gasteiger partial charge in [0.15, 0.2) is 0 Å². The minimum absolute atomic E-state index is 0.0245. The molecule has 0 unspecified atom stereocenters. The molecule has 5 rings (SSSR count). The number of hydrogen-bond donors (Lipinski definition) is 1. The summed E-state index contributed by atoms with van der Waals surface area (Å²) in [6.45, 7) is 0.704. The molecule has 0 saturated heterocycles. The van der Waals surface area contributed by atoms with E-state index < -0.39 is 11.6 Å². The molecule has 1 aromatic heterocycles. The van der Waals surface area contributed by atoms with Gasteiger partial charge in [0.25, 0.3) is 11.8 Å². The van der Waals surface area contributed by atoms with Crippen LogP contribution in [-0.4, -0.2) is 32.4 Å². The molecule has 11 heteroatoms. The van der Waals surface area contributed by atoms with Crippen LogP contribution in [0.4, 0.5) is 0 Å². The highest BCUT2D eigenvalue weighted by atomic mass is 79.9. The van der Waals surface area contributed by atoms with Crippen LogP contribution < -0.4 is 11.0 Å². The third kappa shape index (κ3) is 5.23. The zero-order valence-corrected chi connectivity index (χ0v) is 23.4. The van der Waals surface area contributed by atoms with E-state index in [-0.39, 0.29) is 48.5 Å². The molecule has 0 saturated carbocycles. The van der Waals surface area contributed by atoms with Gasteiger partial charge in [0.2, 0.25) is 0 Å². The molecule has 1 aliphatic heterocycles. The Hall–Kier alpha value is -3.84. The van der Waals surface area contributed by atoms with Gasteiger partial charge in [0.05, 0.1) is 39.6 Å². The van der Waals surface area contributed by atoms with Crippen molar-refractivity contribution >= 4 is 50.9 Å². The minimum atomic E-state index is -0.494. The van der Waals surface area contributed by atoms with E-state index in [1.165, 1.54) is 27.3 Å². The molecule has 0 aliphatic carbocycles. The summed E-state index contributed by atoms with van der Waals surface area (Å²) in [7, 11) is 0.